The molecule has 0 saturated carbocycles. The maximum Gasteiger partial charge on any atom is 0.317 e. The second-order valence-corrected chi connectivity index (χ2v) is 7.57. The lowest BCUT2D eigenvalue weighted by Crippen LogP contribution is -2.47. The number of nitrogens with zero attached hydrogens (tertiary/aromatic N) is 4. The lowest BCUT2D eigenvalue weighted by molar-refractivity contribution is 0.0992. The van der Waals surface area contributed by atoms with Crippen molar-refractivity contribution in [2.75, 3.05) is 27.2 Å². The number of hydrogen-bond donors (Lipinski definition) is 1. The summed E-state index contributed by atoms with van der Waals surface area (Å²) in [7, 11) is 6.05. The van der Waals surface area contributed by atoms with Crippen LogP contribution in [0.4, 0.5) is 4.79 Å². The molecule has 3 rings (SSSR count). The molecule has 2 amide bonds. The van der Waals surface area contributed by atoms with Gasteiger partial charge in [0.15, 0.2) is 0 Å². The molecule has 2 aliphatic rings. The molecule has 0 radical (unpaired) electrons. The van der Waals surface area contributed by atoms with Crippen LogP contribution in [0.15, 0.2) is 24.5 Å². The molecule has 0 unspecified atom stereocenters. The summed E-state index contributed by atoms with van der Waals surface area (Å²) >= 11 is 0. The van der Waals surface area contributed by atoms with Gasteiger partial charge >= 0.3 is 6.03 Å². The van der Waals surface area contributed by atoms with Crippen LogP contribution >= 0.6 is 0 Å². The SMILES string of the molecule is CN(C[C@@H]1CCCN(C)[C@H]1c1cnn(C)c1)C(=O)N[C@H]1C=CCCC1. The molecule has 1 N–H and O–H groups in total. The van der Waals surface area contributed by atoms with Gasteiger partial charge in [0.05, 0.1) is 6.20 Å². The van der Waals surface area contributed by atoms with Gasteiger partial charge in [-0.3, -0.25) is 9.58 Å². The molecule has 0 bridgehead atoms. The lowest BCUT2D eigenvalue weighted by Gasteiger charge is -2.40. The van der Waals surface area contributed by atoms with Gasteiger partial charge in [-0.1, -0.05) is 12.2 Å². The van der Waals surface area contributed by atoms with E-state index in [9.17, 15) is 4.79 Å². The fourth-order valence-corrected chi connectivity index (χ4v) is 4.21. The summed E-state index contributed by atoms with van der Waals surface area (Å²) in [6.07, 6.45) is 14.0. The maximum absolute atomic E-state index is 12.6. The fraction of sp³-hybridized carbons (Fsp3) is 0.684. The summed E-state index contributed by atoms with van der Waals surface area (Å²) in [5.74, 6) is 0.431. The number of nitrogens with one attached hydrogen (secondary N) is 1. The predicted molar refractivity (Wildman–Crippen MR) is 99.2 cm³/mol. The van der Waals surface area contributed by atoms with Gasteiger partial charge in [0.1, 0.15) is 0 Å². The summed E-state index contributed by atoms with van der Waals surface area (Å²) in [6, 6.07) is 0.550. The number of likely N-dealkylation sites (tertiary alicyclic amines) is 1. The van der Waals surface area contributed by atoms with Crippen LogP contribution in [-0.4, -0.2) is 58.8 Å². The van der Waals surface area contributed by atoms with Crippen LogP contribution in [0.3, 0.4) is 0 Å². The van der Waals surface area contributed by atoms with Gasteiger partial charge in [-0.15, -0.1) is 0 Å². The van der Waals surface area contributed by atoms with Crippen molar-refractivity contribution >= 4 is 6.03 Å². The minimum atomic E-state index is 0.0368. The molecular weight excluding hydrogens is 314 g/mol. The van der Waals surface area contributed by atoms with Gasteiger partial charge in [0.2, 0.25) is 0 Å². The summed E-state index contributed by atoms with van der Waals surface area (Å²) in [6.45, 7) is 1.87. The Bertz CT molecular complexity index is 611. The van der Waals surface area contributed by atoms with Crippen LogP contribution in [0.25, 0.3) is 0 Å². The Kier molecular flexibility index (Phi) is 5.78. The molecule has 1 fully saturated rings. The van der Waals surface area contributed by atoms with E-state index < -0.39 is 0 Å². The molecule has 0 aromatic carbocycles. The summed E-state index contributed by atoms with van der Waals surface area (Å²) in [5.41, 5.74) is 1.25. The number of aromatic nitrogens is 2. The van der Waals surface area contributed by atoms with Crippen LogP contribution in [-0.2, 0) is 7.05 Å². The molecule has 6 nitrogen and oxygen atoms in total. The van der Waals surface area contributed by atoms with E-state index >= 15 is 0 Å². The third-order valence-electron chi connectivity index (χ3n) is 5.49. The van der Waals surface area contributed by atoms with Crippen molar-refractivity contribution in [2.24, 2.45) is 13.0 Å². The molecule has 1 aromatic heterocycles. The zero-order valence-electron chi connectivity index (χ0n) is 15.7. The highest BCUT2D eigenvalue weighted by atomic mass is 16.2. The molecule has 6 heteroatoms. The van der Waals surface area contributed by atoms with Crippen molar-refractivity contribution in [2.45, 2.75) is 44.2 Å². The molecule has 1 aromatic rings. The molecule has 1 aliphatic heterocycles. The van der Waals surface area contributed by atoms with Gasteiger partial charge in [-0.25, -0.2) is 4.79 Å². The van der Waals surface area contributed by atoms with Gasteiger partial charge in [-0.2, -0.15) is 5.10 Å². The quantitative estimate of drug-likeness (QED) is 0.853. The third-order valence-corrected chi connectivity index (χ3v) is 5.49. The summed E-state index contributed by atoms with van der Waals surface area (Å²) < 4.78 is 1.86. The minimum Gasteiger partial charge on any atom is -0.332 e. The fourth-order valence-electron chi connectivity index (χ4n) is 4.21. The number of carbonyl (C=O) groups is 1. The minimum absolute atomic E-state index is 0.0368. The van der Waals surface area contributed by atoms with E-state index in [0.717, 1.165) is 38.8 Å². The Morgan fingerprint density at radius 3 is 2.88 bits per heavy atom. The van der Waals surface area contributed by atoms with Crippen LogP contribution in [0.2, 0.25) is 0 Å². The first kappa shape index (κ1) is 18.0. The first-order chi connectivity index (χ1) is 12.0. The van der Waals surface area contributed by atoms with Crippen molar-refractivity contribution < 1.29 is 4.79 Å². The van der Waals surface area contributed by atoms with E-state index in [2.05, 4.69) is 40.7 Å². The van der Waals surface area contributed by atoms with Crippen LogP contribution < -0.4 is 5.32 Å². The monoisotopic (exact) mass is 345 g/mol. The lowest BCUT2D eigenvalue weighted by atomic mass is 9.86. The Morgan fingerprint density at radius 2 is 2.20 bits per heavy atom. The number of piperidine rings is 1. The van der Waals surface area contributed by atoms with E-state index in [0.29, 0.717) is 12.0 Å². The highest BCUT2D eigenvalue weighted by molar-refractivity contribution is 5.74. The molecule has 138 valence electrons. The first-order valence-electron chi connectivity index (χ1n) is 9.41. The predicted octanol–water partition coefficient (Wildman–Crippen LogP) is 2.55. The summed E-state index contributed by atoms with van der Waals surface area (Å²) in [4.78, 5) is 16.8. The van der Waals surface area contributed by atoms with Crippen LogP contribution in [0.1, 0.15) is 43.7 Å². The standard InChI is InChI=1S/C19H31N5O/c1-22-11-7-8-15(18(22)16-12-20-24(3)14-16)13-23(2)19(25)21-17-9-5-4-6-10-17/h5,9,12,14-15,17-18H,4,6-8,10-11,13H2,1-3H3,(H,21,25)/t15-,17-,18+/m0/s1. The number of allylic oxidation sites excluding steroid dienone is 1. The van der Waals surface area contributed by atoms with Crippen LogP contribution in [0, 0.1) is 5.92 Å². The Balaban J connectivity index is 1.63. The maximum atomic E-state index is 12.6. The largest absolute Gasteiger partial charge is 0.332 e. The number of rotatable bonds is 4. The van der Waals surface area contributed by atoms with Crippen LogP contribution in [0.5, 0.6) is 0 Å². The van der Waals surface area contributed by atoms with E-state index in [-0.39, 0.29) is 12.1 Å². The highest BCUT2D eigenvalue weighted by Gasteiger charge is 2.33. The smallest absolute Gasteiger partial charge is 0.317 e. The van der Waals surface area contributed by atoms with Crippen molar-refractivity contribution in [1.82, 2.24) is 24.9 Å². The number of amides is 2. The average Bonchev–Trinajstić information content (AvgIpc) is 3.01. The third kappa shape index (κ3) is 4.42. The first-order valence-corrected chi connectivity index (χ1v) is 9.41. The van der Waals surface area contributed by atoms with Crippen molar-refractivity contribution in [3.8, 4) is 0 Å². The van der Waals surface area contributed by atoms with Gasteiger partial charge in [-0.05, 0) is 51.6 Å². The second kappa shape index (κ2) is 8.04. The number of urea groups is 1. The molecular formula is C19H31N5O. The molecule has 2 heterocycles. The Hall–Kier alpha value is -1.82. The van der Waals surface area contributed by atoms with E-state index in [1.807, 2.05) is 29.9 Å². The molecule has 1 aliphatic carbocycles. The van der Waals surface area contributed by atoms with Crippen molar-refractivity contribution in [3.05, 3.63) is 30.1 Å². The Morgan fingerprint density at radius 1 is 1.36 bits per heavy atom. The second-order valence-electron chi connectivity index (χ2n) is 7.57. The molecule has 3 atom stereocenters. The highest BCUT2D eigenvalue weighted by Crippen LogP contribution is 2.35. The normalized spacial score (nSPS) is 27.2. The van der Waals surface area contributed by atoms with Crippen molar-refractivity contribution in [1.29, 1.82) is 0 Å². The zero-order chi connectivity index (χ0) is 17.8. The van der Waals surface area contributed by atoms with E-state index in [1.54, 1.807) is 0 Å². The van der Waals surface area contributed by atoms with Gasteiger partial charge in [0, 0.05) is 44.5 Å². The molecule has 25 heavy (non-hydrogen) atoms. The summed E-state index contributed by atoms with van der Waals surface area (Å²) in [5, 5.41) is 7.49. The Labute approximate surface area is 150 Å². The van der Waals surface area contributed by atoms with Gasteiger partial charge < -0.3 is 10.2 Å². The topological polar surface area (TPSA) is 53.4 Å². The number of aryl methyl sites for hydroxylation is 1. The van der Waals surface area contributed by atoms with Gasteiger partial charge in [0.25, 0.3) is 0 Å². The van der Waals surface area contributed by atoms with Crippen molar-refractivity contribution in [3.63, 3.8) is 0 Å². The number of hydrogen-bond acceptors (Lipinski definition) is 3. The van der Waals surface area contributed by atoms with E-state index in [1.165, 1.54) is 12.0 Å². The molecule has 1 saturated heterocycles. The zero-order valence-corrected chi connectivity index (χ0v) is 15.7. The number of carbonyl (C=O) groups excluding carboxylic acids is 1. The molecule has 0 spiro atoms. The average molecular weight is 345 g/mol. The van der Waals surface area contributed by atoms with E-state index in [4.69, 9.17) is 0 Å².